The normalized spacial score (nSPS) is 16.7. The van der Waals surface area contributed by atoms with Gasteiger partial charge in [-0.15, -0.1) is 0 Å². The summed E-state index contributed by atoms with van der Waals surface area (Å²) in [6, 6.07) is 9.97. The fourth-order valence-electron chi connectivity index (χ4n) is 4.67. The second kappa shape index (κ2) is 8.92. The Bertz CT molecular complexity index is 1020. The molecule has 178 valence electrons. The highest BCUT2D eigenvalue weighted by Crippen LogP contribution is 2.42. The van der Waals surface area contributed by atoms with Crippen LogP contribution in [0.3, 0.4) is 0 Å². The molecule has 1 aliphatic carbocycles. The van der Waals surface area contributed by atoms with E-state index in [2.05, 4.69) is 0 Å². The lowest BCUT2D eigenvalue weighted by atomic mass is 9.91. The van der Waals surface area contributed by atoms with Crippen molar-refractivity contribution in [1.29, 1.82) is 0 Å². The minimum Gasteiger partial charge on any atom is -0.489 e. The Balaban J connectivity index is 1.46. The third kappa shape index (κ3) is 5.45. The van der Waals surface area contributed by atoms with Gasteiger partial charge >= 0.3 is 12.3 Å². The van der Waals surface area contributed by atoms with E-state index in [1.807, 2.05) is 26.8 Å². The molecule has 0 N–H and O–H groups in total. The van der Waals surface area contributed by atoms with E-state index >= 15 is 0 Å². The summed E-state index contributed by atoms with van der Waals surface area (Å²) < 4.78 is 52.4. The van der Waals surface area contributed by atoms with E-state index in [1.54, 1.807) is 29.2 Å². The molecule has 4 rings (SSSR count). The monoisotopic (exact) mass is 461 g/mol. The summed E-state index contributed by atoms with van der Waals surface area (Å²) in [6.45, 7) is 6.03. The first kappa shape index (κ1) is 23.5. The topological polar surface area (TPSA) is 38.8 Å². The first-order chi connectivity index (χ1) is 15.5. The molecule has 1 heterocycles. The average Bonchev–Trinajstić information content (AvgIpc) is 3.40. The van der Waals surface area contributed by atoms with E-state index in [-0.39, 0.29) is 12.5 Å². The quantitative estimate of drug-likeness (QED) is 0.482. The third-order valence-electron chi connectivity index (χ3n) is 6.18. The summed E-state index contributed by atoms with van der Waals surface area (Å²) in [5, 5.41) is 0. The van der Waals surface area contributed by atoms with Crippen LogP contribution in [0, 0.1) is 0 Å². The van der Waals surface area contributed by atoms with Gasteiger partial charge in [0.2, 0.25) is 0 Å². The summed E-state index contributed by atoms with van der Waals surface area (Å²) in [5.41, 5.74) is 1.49. The van der Waals surface area contributed by atoms with Crippen molar-refractivity contribution < 1.29 is 27.4 Å². The number of ether oxygens (including phenoxy) is 2. The second-order valence-electron chi connectivity index (χ2n) is 9.86. The highest BCUT2D eigenvalue weighted by atomic mass is 19.4. The minimum atomic E-state index is -4.38. The van der Waals surface area contributed by atoms with Crippen LogP contribution in [0.5, 0.6) is 5.75 Å². The maximum Gasteiger partial charge on any atom is 0.416 e. The van der Waals surface area contributed by atoms with Gasteiger partial charge in [0.15, 0.2) is 0 Å². The van der Waals surface area contributed by atoms with E-state index in [4.69, 9.17) is 9.47 Å². The molecule has 1 amide bonds. The Kier molecular flexibility index (Phi) is 6.34. The van der Waals surface area contributed by atoms with E-state index in [1.165, 1.54) is 6.07 Å². The Morgan fingerprint density at radius 1 is 1.06 bits per heavy atom. The number of benzene rings is 2. The lowest BCUT2D eigenvalue weighted by Crippen LogP contribution is -2.35. The molecule has 7 heteroatoms. The lowest BCUT2D eigenvalue weighted by molar-refractivity contribution is -0.138. The van der Waals surface area contributed by atoms with Crippen molar-refractivity contribution in [2.75, 3.05) is 11.4 Å². The van der Waals surface area contributed by atoms with E-state index in [9.17, 15) is 18.0 Å². The van der Waals surface area contributed by atoms with Gasteiger partial charge in [0.05, 0.1) is 11.3 Å². The van der Waals surface area contributed by atoms with Gasteiger partial charge in [-0.05, 0) is 86.9 Å². The SMILES string of the molecule is CC(C)(C)OC(=O)N1CCc2cc(OCc3ccc(C4CCCC4)c(C(F)(F)F)c3)ccc21. The highest BCUT2D eigenvalue weighted by Gasteiger charge is 2.36. The van der Waals surface area contributed by atoms with Crippen molar-refractivity contribution >= 4 is 11.8 Å². The molecule has 1 saturated carbocycles. The number of halogens is 3. The van der Waals surface area contributed by atoms with Crippen LogP contribution in [-0.2, 0) is 23.9 Å². The third-order valence-corrected chi connectivity index (χ3v) is 6.18. The van der Waals surface area contributed by atoms with Crippen molar-refractivity contribution in [1.82, 2.24) is 0 Å². The highest BCUT2D eigenvalue weighted by molar-refractivity contribution is 5.90. The number of anilines is 1. The van der Waals surface area contributed by atoms with Crippen molar-refractivity contribution in [3.63, 3.8) is 0 Å². The summed E-state index contributed by atoms with van der Waals surface area (Å²) in [4.78, 5) is 14.0. The molecule has 2 aliphatic rings. The van der Waals surface area contributed by atoms with Crippen LogP contribution in [0.15, 0.2) is 36.4 Å². The first-order valence-corrected chi connectivity index (χ1v) is 11.5. The van der Waals surface area contributed by atoms with Gasteiger partial charge in [-0.3, -0.25) is 4.90 Å². The zero-order valence-electron chi connectivity index (χ0n) is 19.3. The maximum atomic E-state index is 13.7. The molecule has 2 aromatic carbocycles. The number of carbonyl (C=O) groups is 1. The number of hydrogen-bond donors (Lipinski definition) is 0. The van der Waals surface area contributed by atoms with Crippen LogP contribution in [-0.4, -0.2) is 18.2 Å². The molecule has 33 heavy (non-hydrogen) atoms. The Morgan fingerprint density at radius 3 is 2.45 bits per heavy atom. The molecule has 1 aliphatic heterocycles. The van der Waals surface area contributed by atoms with Crippen LogP contribution in [0.2, 0.25) is 0 Å². The van der Waals surface area contributed by atoms with E-state index in [0.717, 1.165) is 36.9 Å². The molecule has 0 atom stereocenters. The Hall–Kier alpha value is -2.70. The van der Waals surface area contributed by atoms with E-state index < -0.39 is 23.4 Å². The Labute approximate surface area is 192 Å². The van der Waals surface area contributed by atoms with Gasteiger partial charge in [0.1, 0.15) is 18.0 Å². The predicted molar refractivity (Wildman–Crippen MR) is 121 cm³/mol. The van der Waals surface area contributed by atoms with E-state index in [0.29, 0.717) is 29.8 Å². The standard InChI is InChI=1S/C26H30F3NO3/c1-25(2,3)33-24(31)30-13-12-19-15-20(9-11-23(19)30)32-16-17-8-10-21(18-6-4-5-7-18)22(14-17)26(27,28)29/h8-11,14-15,18H,4-7,12-13,16H2,1-3H3. The fourth-order valence-corrected chi connectivity index (χ4v) is 4.67. The molecular weight excluding hydrogens is 431 g/mol. The zero-order valence-corrected chi connectivity index (χ0v) is 19.3. The molecule has 0 unspecified atom stereocenters. The summed E-state index contributed by atoms with van der Waals surface area (Å²) >= 11 is 0. The fraction of sp³-hybridized carbons (Fsp3) is 0.500. The van der Waals surface area contributed by atoms with Crippen LogP contribution in [0.4, 0.5) is 23.7 Å². The summed E-state index contributed by atoms with van der Waals surface area (Å²) in [7, 11) is 0. The molecule has 4 nitrogen and oxygen atoms in total. The zero-order chi connectivity index (χ0) is 23.8. The van der Waals surface area contributed by atoms with Crippen molar-refractivity contribution in [3.05, 3.63) is 58.7 Å². The number of rotatable bonds is 4. The second-order valence-corrected chi connectivity index (χ2v) is 9.86. The van der Waals surface area contributed by atoms with Gasteiger partial charge in [0.25, 0.3) is 0 Å². The van der Waals surface area contributed by atoms with Gasteiger partial charge in [-0.1, -0.05) is 25.0 Å². The van der Waals surface area contributed by atoms with Crippen LogP contribution in [0.25, 0.3) is 0 Å². The largest absolute Gasteiger partial charge is 0.489 e. The molecule has 0 saturated heterocycles. The predicted octanol–water partition coefficient (Wildman–Crippen LogP) is 7.24. The first-order valence-electron chi connectivity index (χ1n) is 11.5. The number of nitrogens with zero attached hydrogens (tertiary/aromatic N) is 1. The molecular formula is C26H30F3NO3. The molecule has 2 aromatic rings. The van der Waals surface area contributed by atoms with Crippen LogP contribution in [0.1, 0.15) is 74.6 Å². The van der Waals surface area contributed by atoms with Crippen molar-refractivity contribution in [3.8, 4) is 5.75 Å². The molecule has 0 spiro atoms. The number of fused-ring (bicyclic) bond motifs is 1. The maximum absolute atomic E-state index is 13.7. The molecule has 1 fully saturated rings. The molecule has 0 bridgehead atoms. The number of amides is 1. The van der Waals surface area contributed by atoms with Gasteiger partial charge in [-0.2, -0.15) is 13.2 Å². The number of alkyl halides is 3. The summed E-state index contributed by atoms with van der Waals surface area (Å²) in [5.74, 6) is 0.550. The van der Waals surface area contributed by atoms with Crippen molar-refractivity contribution in [2.24, 2.45) is 0 Å². The molecule has 0 radical (unpaired) electrons. The smallest absolute Gasteiger partial charge is 0.416 e. The van der Waals surface area contributed by atoms with Gasteiger partial charge in [0, 0.05) is 6.54 Å². The van der Waals surface area contributed by atoms with Gasteiger partial charge < -0.3 is 9.47 Å². The number of carbonyl (C=O) groups excluding carboxylic acids is 1. The lowest BCUT2D eigenvalue weighted by Gasteiger charge is -2.24. The molecule has 0 aromatic heterocycles. The Morgan fingerprint density at radius 2 is 1.79 bits per heavy atom. The summed E-state index contributed by atoms with van der Waals surface area (Å²) in [6.07, 6.45) is -0.514. The van der Waals surface area contributed by atoms with Gasteiger partial charge in [-0.25, -0.2) is 4.79 Å². The van der Waals surface area contributed by atoms with Crippen LogP contribution >= 0.6 is 0 Å². The van der Waals surface area contributed by atoms with Crippen molar-refractivity contribution in [2.45, 2.75) is 77.2 Å². The van der Waals surface area contributed by atoms with Crippen LogP contribution < -0.4 is 9.64 Å². The minimum absolute atomic E-state index is 0.0128. The average molecular weight is 462 g/mol. The number of hydrogen-bond acceptors (Lipinski definition) is 3.